The lowest BCUT2D eigenvalue weighted by molar-refractivity contribution is -0.116. The van der Waals surface area contributed by atoms with Gasteiger partial charge >= 0.3 is 0 Å². The number of amides is 1. The van der Waals surface area contributed by atoms with Crippen molar-refractivity contribution in [3.8, 4) is 11.5 Å². The predicted octanol–water partition coefficient (Wildman–Crippen LogP) is 2.08. The van der Waals surface area contributed by atoms with Gasteiger partial charge in [-0.1, -0.05) is 11.2 Å². The third-order valence-electron chi connectivity index (χ3n) is 3.17. The van der Waals surface area contributed by atoms with Crippen LogP contribution in [0.15, 0.2) is 34.9 Å². The Hall–Kier alpha value is -2.76. The SMILES string of the molecule is Cc1cc(CCNC(=O)C=Cc2ccc3c(c2)OCO3)on1. The van der Waals surface area contributed by atoms with Crippen LogP contribution in [-0.2, 0) is 11.2 Å². The van der Waals surface area contributed by atoms with Crippen LogP contribution in [0.5, 0.6) is 11.5 Å². The number of carbonyl (C=O) groups is 1. The molecule has 0 saturated heterocycles. The molecule has 2 heterocycles. The first-order valence-corrected chi connectivity index (χ1v) is 6.98. The lowest BCUT2D eigenvalue weighted by Crippen LogP contribution is -2.23. The molecule has 1 amide bonds. The Kier molecular flexibility index (Phi) is 4.09. The summed E-state index contributed by atoms with van der Waals surface area (Å²) >= 11 is 0. The smallest absolute Gasteiger partial charge is 0.244 e. The van der Waals surface area contributed by atoms with Crippen molar-refractivity contribution in [2.45, 2.75) is 13.3 Å². The molecule has 0 fully saturated rings. The van der Waals surface area contributed by atoms with Gasteiger partial charge in [-0.2, -0.15) is 0 Å². The number of ether oxygens (including phenoxy) is 2. The van der Waals surface area contributed by atoms with Crippen molar-refractivity contribution in [1.82, 2.24) is 10.5 Å². The molecule has 0 aliphatic carbocycles. The standard InChI is InChI=1S/C16H16N2O4/c1-11-8-13(22-18-11)6-7-17-16(19)5-3-12-2-4-14-15(9-12)21-10-20-14/h2-5,8-9H,6-7,10H2,1H3,(H,17,19). The second-order valence-electron chi connectivity index (χ2n) is 4.92. The monoisotopic (exact) mass is 300 g/mol. The van der Waals surface area contributed by atoms with E-state index in [0.29, 0.717) is 18.7 Å². The number of nitrogens with one attached hydrogen (secondary N) is 1. The summed E-state index contributed by atoms with van der Waals surface area (Å²) in [4.78, 5) is 11.7. The Morgan fingerprint density at radius 2 is 2.18 bits per heavy atom. The zero-order valence-corrected chi connectivity index (χ0v) is 12.2. The molecule has 0 unspecified atom stereocenters. The molecule has 1 aromatic heterocycles. The molecule has 1 aliphatic heterocycles. The van der Waals surface area contributed by atoms with Gasteiger partial charge in [0.15, 0.2) is 11.5 Å². The molecule has 22 heavy (non-hydrogen) atoms. The van der Waals surface area contributed by atoms with Gasteiger partial charge in [-0.15, -0.1) is 0 Å². The van der Waals surface area contributed by atoms with E-state index in [9.17, 15) is 4.79 Å². The summed E-state index contributed by atoms with van der Waals surface area (Å²) in [6, 6.07) is 7.39. The van der Waals surface area contributed by atoms with Gasteiger partial charge in [0.05, 0.1) is 5.69 Å². The number of carbonyl (C=O) groups excluding carboxylic acids is 1. The van der Waals surface area contributed by atoms with Crippen LogP contribution in [0.3, 0.4) is 0 Å². The lowest BCUT2D eigenvalue weighted by Gasteiger charge is -2.00. The van der Waals surface area contributed by atoms with E-state index < -0.39 is 0 Å². The van der Waals surface area contributed by atoms with E-state index in [1.165, 1.54) is 6.08 Å². The fraction of sp³-hybridized carbons (Fsp3) is 0.250. The van der Waals surface area contributed by atoms with Crippen LogP contribution in [0.1, 0.15) is 17.0 Å². The maximum Gasteiger partial charge on any atom is 0.244 e. The Balaban J connectivity index is 1.48. The van der Waals surface area contributed by atoms with Crippen molar-refractivity contribution in [2.24, 2.45) is 0 Å². The van der Waals surface area contributed by atoms with Gasteiger partial charge < -0.3 is 19.3 Å². The summed E-state index contributed by atoms with van der Waals surface area (Å²) < 4.78 is 15.6. The highest BCUT2D eigenvalue weighted by Crippen LogP contribution is 2.32. The molecule has 114 valence electrons. The third kappa shape index (κ3) is 3.46. The van der Waals surface area contributed by atoms with Crippen molar-refractivity contribution in [1.29, 1.82) is 0 Å². The van der Waals surface area contributed by atoms with E-state index in [1.807, 2.05) is 31.2 Å². The van der Waals surface area contributed by atoms with Crippen LogP contribution < -0.4 is 14.8 Å². The highest BCUT2D eigenvalue weighted by molar-refractivity contribution is 5.91. The third-order valence-corrected chi connectivity index (χ3v) is 3.17. The number of nitrogens with zero attached hydrogens (tertiary/aromatic N) is 1. The number of fused-ring (bicyclic) bond motifs is 1. The van der Waals surface area contributed by atoms with Crippen LogP contribution >= 0.6 is 0 Å². The molecule has 0 saturated carbocycles. The molecule has 0 bridgehead atoms. The number of rotatable bonds is 5. The van der Waals surface area contributed by atoms with E-state index in [-0.39, 0.29) is 12.7 Å². The van der Waals surface area contributed by atoms with Gasteiger partial charge in [0.1, 0.15) is 5.76 Å². The maximum absolute atomic E-state index is 11.7. The summed E-state index contributed by atoms with van der Waals surface area (Å²) in [5, 5.41) is 6.59. The maximum atomic E-state index is 11.7. The molecule has 0 spiro atoms. The summed E-state index contributed by atoms with van der Waals surface area (Å²) in [7, 11) is 0. The number of hydrogen-bond donors (Lipinski definition) is 1. The molecule has 0 atom stereocenters. The Morgan fingerprint density at radius 3 is 3.00 bits per heavy atom. The van der Waals surface area contributed by atoms with Crippen molar-refractivity contribution in [3.63, 3.8) is 0 Å². The van der Waals surface area contributed by atoms with Crippen LogP contribution in [0.2, 0.25) is 0 Å². The first-order valence-electron chi connectivity index (χ1n) is 6.98. The summed E-state index contributed by atoms with van der Waals surface area (Å²) in [6.45, 7) is 2.60. The summed E-state index contributed by atoms with van der Waals surface area (Å²) in [5.74, 6) is 2.03. The first-order chi connectivity index (χ1) is 10.7. The summed E-state index contributed by atoms with van der Waals surface area (Å²) in [6.07, 6.45) is 3.84. The van der Waals surface area contributed by atoms with E-state index in [0.717, 1.165) is 22.8 Å². The topological polar surface area (TPSA) is 73.6 Å². The van der Waals surface area contributed by atoms with Crippen molar-refractivity contribution in [3.05, 3.63) is 47.4 Å². The molecule has 1 aromatic carbocycles. The molecular formula is C16H16N2O4. The highest BCUT2D eigenvalue weighted by Gasteiger charge is 2.12. The van der Waals surface area contributed by atoms with Gasteiger partial charge in [0, 0.05) is 25.1 Å². The number of benzene rings is 1. The largest absolute Gasteiger partial charge is 0.454 e. The van der Waals surface area contributed by atoms with Crippen molar-refractivity contribution >= 4 is 12.0 Å². The highest BCUT2D eigenvalue weighted by atomic mass is 16.7. The van der Waals surface area contributed by atoms with Gasteiger partial charge in [0.25, 0.3) is 0 Å². The lowest BCUT2D eigenvalue weighted by atomic mass is 10.2. The summed E-state index contributed by atoms with van der Waals surface area (Å²) in [5.41, 5.74) is 1.72. The zero-order valence-electron chi connectivity index (χ0n) is 12.2. The minimum atomic E-state index is -0.158. The molecule has 3 rings (SSSR count). The fourth-order valence-corrected chi connectivity index (χ4v) is 2.09. The minimum Gasteiger partial charge on any atom is -0.454 e. The quantitative estimate of drug-likeness (QED) is 0.856. The van der Waals surface area contributed by atoms with Gasteiger partial charge in [-0.3, -0.25) is 4.79 Å². The first kappa shape index (κ1) is 14.2. The number of aryl methyl sites for hydroxylation is 1. The van der Waals surface area contributed by atoms with Crippen molar-refractivity contribution < 1.29 is 18.8 Å². The van der Waals surface area contributed by atoms with E-state index in [1.54, 1.807) is 6.08 Å². The Morgan fingerprint density at radius 1 is 1.32 bits per heavy atom. The molecule has 1 aliphatic rings. The van der Waals surface area contributed by atoms with Crippen LogP contribution in [0.25, 0.3) is 6.08 Å². The Labute approximate surface area is 127 Å². The number of aromatic nitrogens is 1. The number of hydrogen-bond acceptors (Lipinski definition) is 5. The second kappa shape index (κ2) is 6.34. The average Bonchev–Trinajstić information content (AvgIpc) is 3.13. The molecule has 6 heteroatoms. The molecule has 2 aromatic rings. The van der Waals surface area contributed by atoms with Crippen LogP contribution in [0, 0.1) is 6.92 Å². The van der Waals surface area contributed by atoms with Gasteiger partial charge in [-0.05, 0) is 30.7 Å². The van der Waals surface area contributed by atoms with Gasteiger partial charge in [-0.25, -0.2) is 0 Å². The van der Waals surface area contributed by atoms with E-state index >= 15 is 0 Å². The van der Waals surface area contributed by atoms with Gasteiger partial charge in [0.2, 0.25) is 12.7 Å². The molecule has 1 N–H and O–H groups in total. The van der Waals surface area contributed by atoms with Crippen molar-refractivity contribution in [2.75, 3.05) is 13.3 Å². The van der Waals surface area contributed by atoms with Crippen LogP contribution in [0.4, 0.5) is 0 Å². The minimum absolute atomic E-state index is 0.158. The predicted molar refractivity (Wildman–Crippen MR) is 79.6 cm³/mol. The second-order valence-corrected chi connectivity index (χ2v) is 4.92. The average molecular weight is 300 g/mol. The fourth-order valence-electron chi connectivity index (χ4n) is 2.09. The van der Waals surface area contributed by atoms with E-state index in [4.69, 9.17) is 14.0 Å². The zero-order chi connectivity index (χ0) is 15.4. The molecular weight excluding hydrogens is 284 g/mol. The Bertz CT molecular complexity index is 706. The van der Waals surface area contributed by atoms with E-state index in [2.05, 4.69) is 10.5 Å². The molecule has 6 nitrogen and oxygen atoms in total. The normalized spacial score (nSPS) is 12.8. The van der Waals surface area contributed by atoms with Crippen LogP contribution in [-0.4, -0.2) is 24.4 Å². The molecule has 0 radical (unpaired) electrons.